The van der Waals surface area contributed by atoms with Gasteiger partial charge in [0.25, 0.3) is 0 Å². The molecule has 0 spiro atoms. The summed E-state index contributed by atoms with van der Waals surface area (Å²) in [4.78, 5) is 35.1. The van der Waals surface area contributed by atoms with Crippen LogP contribution in [0.3, 0.4) is 0 Å². The molecule has 0 unspecified atom stereocenters. The van der Waals surface area contributed by atoms with E-state index < -0.39 is 0 Å². The van der Waals surface area contributed by atoms with Gasteiger partial charge in [0.2, 0.25) is 11.8 Å². The van der Waals surface area contributed by atoms with E-state index in [4.69, 9.17) is 0 Å². The van der Waals surface area contributed by atoms with Crippen molar-refractivity contribution in [2.24, 2.45) is 0 Å². The fourth-order valence-corrected chi connectivity index (χ4v) is 3.56. The van der Waals surface area contributed by atoms with E-state index in [1.54, 1.807) is 17.3 Å². The third-order valence-corrected chi connectivity index (χ3v) is 5.06. The van der Waals surface area contributed by atoms with E-state index in [0.29, 0.717) is 19.0 Å². The Balaban J connectivity index is 1.71. The van der Waals surface area contributed by atoms with Gasteiger partial charge in [0.1, 0.15) is 6.04 Å². The number of likely N-dealkylation sites (N-methyl/N-ethyl adjacent to an activating group) is 1. The number of hydrogen-bond donors (Lipinski definition) is 0. The van der Waals surface area contributed by atoms with Crippen LogP contribution in [0.4, 0.5) is 0 Å². The lowest BCUT2D eigenvalue weighted by Gasteiger charge is -2.41. The topological polar surface area (TPSA) is 56.8 Å². The molecule has 0 bridgehead atoms. The Labute approximate surface area is 137 Å². The van der Waals surface area contributed by atoms with Crippen molar-refractivity contribution in [2.75, 3.05) is 27.2 Å². The number of piperazine rings is 1. The first-order valence-corrected chi connectivity index (χ1v) is 8.12. The molecule has 2 amide bonds. The highest BCUT2D eigenvalue weighted by Gasteiger charge is 2.45. The molecule has 3 rings (SSSR count). The van der Waals surface area contributed by atoms with E-state index >= 15 is 0 Å². The van der Waals surface area contributed by atoms with Gasteiger partial charge in [-0.15, -0.1) is 0 Å². The highest BCUT2D eigenvalue weighted by molar-refractivity contribution is 5.90. The summed E-state index contributed by atoms with van der Waals surface area (Å²) in [5, 5.41) is 0. The minimum Gasteiger partial charge on any atom is -0.335 e. The summed E-state index contributed by atoms with van der Waals surface area (Å²) in [6, 6.07) is 3.84. The van der Waals surface area contributed by atoms with Crippen LogP contribution in [0.2, 0.25) is 0 Å². The third-order valence-electron chi connectivity index (χ3n) is 5.06. The lowest BCUT2D eigenvalue weighted by atomic mass is 10.0. The minimum absolute atomic E-state index is 0.0185. The second kappa shape index (κ2) is 6.28. The Hall–Kier alpha value is -1.95. The first-order chi connectivity index (χ1) is 11.0. The van der Waals surface area contributed by atoms with Gasteiger partial charge in [0, 0.05) is 31.5 Å². The normalized spacial score (nSPS) is 27.5. The standard InChI is InChI=1S/C17H24N4O2/c1-12-17(23)21-10-14(19(2)3)9-15(21)11-20(12)16(22)8-13-4-6-18-7-5-13/h4-7,12,14-15H,8-11H2,1-3H3/t12-,14-,15-/m0/s1. The number of amides is 2. The van der Waals surface area contributed by atoms with Crippen molar-refractivity contribution >= 4 is 11.8 Å². The van der Waals surface area contributed by atoms with Crippen LogP contribution in [-0.2, 0) is 16.0 Å². The van der Waals surface area contributed by atoms with E-state index in [0.717, 1.165) is 18.5 Å². The Morgan fingerprint density at radius 2 is 2.00 bits per heavy atom. The van der Waals surface area contributed by atoms with E-state index in [2.05, 4.69) is 9.88 Å². The van der Waals surface area contributed by atoms with Crippen LogP contribution in [0.15, 0.2) is 24.5 Å². The molecule has 1 aromatic rings. The zero-order valence-corrected chi connectivity index (χ0v) is 14.0. The largest absolute Gasteiger partial charge is 0.335 e. The molecule has 3 heterocycles. The van der Waals surface area contributed by atoms with Crippen molar-refractivity contribution < 1.29 is 9.59 Å². The molecule has 0 aliphatic carbocycles. The Kier molecular flexibility index (Phi) is 4.35. The van der Waals surface area contributed by atoms with Gasteiger partial charge in [0.15, 0.2) is 0 Å². The predicted octanol–water partition coefficient (Wildman–Crippen LogP) is 0.386. The van der Waals surface area contributed by atoms with E-state index in [1.165, 1.54) is 0 Å². The Bertz CT molecular complexity index is 590. The number of hydrogen-bond acceptors (Lipinski definition) is 4. The van der Waals surface area contributed by atoms with Crippen molar-refractivity contribution in [1.82, 2.24) is 19.7 Å². The van der Waals surface area contributed by atoms with Crippen molar-refractivity contribution in [3.05, 3.63) is 30.1 Å². The molecule has 6 heteroatoms. The minimum atomic E-state index is -0.374. The molecule has 0 aromatic carbocycles. The van der Waals surface area contributed by atoms with Gasteiger partial charge >= 0.3 is 0 Å². The molecule has 2 fully saturated rings. The highest BCUT2D eigenvalue weighted by Crippen LogP contribution is 2.28. The van der Waals surface area contributed by atoms with Crippen LogP contribution >= 0.6 is 0 Å². The predicted molar refractivity (Wildman–Crippen MR) is 86.7 cm³/mol. The molecule has 2 aliphatic rings. The number of nitrogens with zero attached hydrogens (tertiary/aromatic N) is 4. The number of carbonyl (C=O) groups excluding carboxylic acids is 2. The van der Waals surface area contributed by atoms with Gasteiger partial charge in [-0.25, -0.2) is 0 Å². The van der Waals surface area contributed by atoms with Crippen LogP contribution < -0.4 is 0 Å². The fraction of sp³-hybridized carbons (Fsp3) is 0.588. The number of carbonyl (C=O) groups is 2. The molecule has 124 valence electrons. The molecule has 1 aromatic heterocycles. The van der Waals surface area contributed by atoms with E-state index in [9.17, 15) is 9.59 Å². The molecule has 0 radical (unpaired) electrons. The second-order valence-electron chi connectivity index (χ2n) is 6.75. The molecule has 2 aliphatic heterocycles. The summed E-state index contributed by atoms with van der Waals surface area (Å²) < 4.78 is 0. The zero-order valence-electron chi connectivity index (χ0n) is 14.0. The van der Waals surface area contributed by atoms with Crippen molar-refractivity contribution in [2.45, 2.75) is 37.9 Å². The van der Waals surface area contributed by atoms with Crippen LogP contribution in [0, 0.1) is 0 Å². The maximum atomic E-state index is 12.7. The van der Waals surface area contributed by atoms with Crippen LogP contribution in [0.5, 0.6) is 0 Å². The van der Waals surface area contributed by atoms with E-state index in [-0.39, 0.29) is 23.9 Å². The molecule has 6 nitrogen and oxygen atoms in total. The third kappa shape index (κ3) is 3.08. The Morgan fingerprint density at radius 3 is 2.65 bits per heavy atom. The lowest BCUT2D eigenvalue weighted by Crippen LogP contribution is -2.60. The zero-order chi connectivity index (χ0) is 16.6. The molecule has 0 saturated carbocycles. The SMILES string of the molecule is C[C@H]1C(=O)N2C[C@@H](N(C)C)C[C@H]2CN1C(=O)Cc1ccncc1. The van der Waals surface area contributed by atoms with Crippen LogP contribution in [-0.4, -0.2) is 76.8 Å². The summed E-state index contributed by atoms with van der Waals surface area (Å²) in [6.45, 7) is 3.25. The average molecular weight is 316 g/mol. The number of aromatic nitrogens is 1. The molecule has 23 heavy (non-hydrogen) atoms. The summed E-state index contributed by atoms with van der Waals surface area (Å²) >= 11 is 0. The first kappa shape index (κ1) is 15.9. The summed E-state index contributed by atoms with van der Waals surface area (Å²) in [6.07, 6.45) is 4.63. The molecular formula is C17H24N4O2. The van der Waals surface area contributed by atoms with Crippen LogP contribution in [0.25, 0.3) is 0 Å². The summed E-state index contributed by atoms with van der Waals surface area (Å²) in [5.41, 5.74) is 0.935. The first-order valence-electron chi connectivity index (χ1n) is 8.12. The molecule has 2 saturated heterocycles. The van der Waals surface area contributed by atoms with Crippen molar-refractivity contribution in [1.29, 1.82) is 0 Å². The Morgan fingerprint density at radius 1 is 1.30 bits per heavy atom. The maximum Gasteiger partial charge on any atom is 0.245 e. The van der Waals surface area contributed by atoms with Gasteiger partial charge < -0.3 is 14.7 Å². The number of pyridine rings is 1. The average Bonchev–Trinajstić information content (AvgIpc) is 2.96. The van der Waals surface area contributed by atoms with Gasteiger partial charge in [0.05, 0.1) is 12.5 Å². The van der Waals surface area contributed by atoms with Crippen molar-refractivity contribution in [3.8, 4) is 0 Å². The summed E-state index contributed by atoms with van der Waals surface area (Å²) in [5.74, 6) is 0.0960. The maximum absolute atomic E-state index is 12.7. The lowest BCUT2D eigenvalue weighted by molar-refractivity contribution is -0.152. The van der Waals surface area contributed by atoms with Crippen LogP contribution in [0.1, 0.15) is 18.9 Å². The molecular weight excluding hydrogens is 292 g/mol. The van der Waals surface area contributed by atoms with Gasteiger partial charge in [-0.1, -0.05) is 0 Å². The van der Waals surface area contributed by atoms with Gasteiger partial charge in [-0.05, 0) is 45.1 Å². The highest BCUT2D eigenvalue weighted by atomic mass is 16.2. The van der Waals surface area contributed by atoms with Gasteiger partial charge in [-0.2, -0.15) is 0 Å². The number of fused-ring (bicyclic) bond motifs is 1. The summed E-state index contributed by atoms with van der Waals surface area (Å²) in [7, 11) is 4.09. The van der Waals surface area contributed by atoms with Crippen molar-refractivity contribution in [3.63, 3.8) is 0 Å². The quantitative estimate of drug-likeness (QED) is 0.809. The van der Waals surface area contributed by atoms with E-state index in [1.807, 2.05) is 38.1 Å². The second-order valence-corrected chi connectivity index (χ2v) is 6.75. The number of rotatable bonds is 3. The molecule has 0 N–H and O–H groups in total. The monoisotopic (exact) mass is 316 g/mol. The van der Waals surface area contributed by atoms with Gasteiger partial charge in [-0.3, -0.25) is 14.6 Å². The molecule has 3 atom stereocenters. The smallest absolute Gasteiger partial charge is 0.245 e. The fourth-order valence-electron chi connectivity index (χ4n) is 3.56.